The Morgan fingerprint density at radius 1 is 1.00 bits per heavy atom. The number of para-hydroxylation sites is 1. The summed E-state index contributed by atoms with van der Waals surface area (Å²) in [6.45, 7) is 5.61. The van der Waals surface area contributed by atoms with E-state index in [2.05, 4.69) is 25.5 Å². The number of thiophene rings is 1. The predicted octanol–water partition coefficient (Wildman–Crippen LogP) is 7.02. The summed E-state index contributed by atoms with van der Waals surface area (Å²) < 4.78 is 13.7. The zero-order valence-corrected chi connectivity index (χ0v) is 21.2. The van der Waals surface area contributed by atoms with Crippen LogP contribution in [0.4, 0.5) is 10.1 Å². The number of anilines is 1. The lowest BCUT2D eigenvalue weighted by Crippen LogP contribution is -2.27. The zero-order valence-electron chi connectivity index (χ0n) is 20.4. The largest absolute Gasteiger partial charge is 0.337 e. The van der Waals surface area contributed by atoms with Gasteiger partial charge >= 0.3 is 0 Å². The first-order chi connectivity index (χ1) is 17.8. The van der Waals surface area contributed by atoms with Gasteiger partial charge in [0.05, 0.1) is 28.4 Å². The van der Waals surface area contributed by atoms with Crippen molar-refractivity contribution in [1.29, 1.82) is 0 Å². The molecule has 0 saturated carbocycles. The Balaban J connectivity index is 1.40. The molecule has 0 aliphatic carbocycles. The quantitative estimate of drug-likeness (QED) is 0.237. The Morgan fingerprint density at radius 2 is 1.86 bits per heavy atom. The van der Waals surface area contributed by atoms with Gasteiger partial charge < -0.3 is 10.3 Å². The minimum atomic E-state index is -0.509. The highest BCUT2D eigenvalue weighted by atomic mass is 32.1. The van der Waals surface area contributed by atoms with Crippen molar-refractivity contribution in [2.24, 2.45) is 5.41 Å². The van der Waals surface area contributed by atoms with Gasteiger partial charge in [-0.05, 0) is 42.0 Å². The molecule has 3 N–H and O–H groups in total. The number of fused-ring (bicyclic) bond motifs is 2. The summed E-state index contributed by atoms with van der Waals surface area (Å²) >= 11 is 1.10. The zero-order chi connectivity index (χ0) is 25.7. The second kappa shape index (κ2) is 8.63. The summed E-state index contributed by atoms with van der Waals surface area (Å²) in [6.07, 6.45) is 3.40. The smallest absolute Gasteiger partial charge is 0.229 e. The third-order valence-corrected chi connectivity index (χ3v) is 7.06. The fourth-order valence-corrected chi connectivity index (χ4v) is 4.92. The number of rotatable bonds is 4. The summed E-state index contributed by atoms with van der Waals surface area (Å²) in [7, 11) is 0. The molecular weight excluding hydrogens is 487 g/mol. The first-order valence-corrected chi connectivity index (χ1v) is 12.6. The summed E-state index contributed by atoms with van der Waals surface area (Å²) in [4.78, 5) is 25.8. The number of imidazole rings is 1. The SMILES string of the molecule is CC(C)(C)C(=O)Nc1cncc(-c2ccc3[nH]nc(-c4nc5c(-c6ccc(F)s6)cccc5[nH]4)c3c2)c1. The van der Waals surface area contributed by atoms with Crippen LogP contribution < -0.4 is 5.32 Å². The molecule has 4 heterocycles. The number of hydrogen-bond donors (Lipinski definition) is 3. The molecule has 0 spiro atoms. The average Bonchev–Trinajstić information content (AvgIpc) is 3.60. The van der Waals surface area contributed by atoms with Crippen LogP contribution in [0.15, 0.2) is 67.0 Å². The molecule has 9 heteroatoms. The van der Waals surface area contributed by atoms with E-state index in [-0.39, 0.29) is 11.0 Å². The van der Waals surface area contributed by atoms with Crippen molar-refractivity contribution in [3.63, 3.8) is 0 Å². The Morgan fingerprint density at radius 3 is 2.65 bits per heavy atom. The number of halogens is 1. The maximum atomic E-state index is 13.7. The van der Waals surface area contributed by atoms with Gasteiger partial charge in [0.25, 0.3) is 0 Å². The van der Waals surface area contributed by atoms with Gasteiger partial charge in [0, 0.05) is 33.0 Å². The van der Waals surface area contributed by atoms with Crippen molar-refractivity contribution in [3.05, 3.63) is 72.1 Å². The molecule has 6 aromatic rings. The molecule has 37 heavy (non-hydrogen) atoms. The summed E-state index contributed by atoms with van der Waals surface area (Å²) in [5.74, 6) is 0.542. The van der Waals surface area contributed by atoms with Crippen molar-refractivity contribution in [2.45, 2.75) is 20.8 Å². The maximum Gasteiger partial charge on any atom is 0.229 e. The van der Waals surface area contributed by atoms with Gasteiger partial charge in [-0.25, -0.2) is 4.98 Å². The van der Waals surface area contributed by atoms with E-state index in [1.54, 1.807) is 18.5 Å². The number of nitrogens with one attached hydrogen (secondary N) is 3. The molecule has 184 valence electrons. The highest BCUT2D eigenvalue weighted by Crippen LogP contribution is 2.35. The lowest BCUT2D eigenvalue weighted by molar-refractivity contribution is -0.123. The fraction of sp³-hybridized carbons (Fsp3) is 0.143. The van der Waals surface area contributed by atoms with Crippen molar-refractivity contribution in [3.8, 4) is 33.1 Å². The number of pyridine rings is 1. The van der Waals surface area contributed by atoms with Gasteiger partial charge in [-0.2, -0.15) is 9.49 Å². The van der Waals surface area contributed by atoms with Gasteiger partial charge in [0.1, 0.15) is 5.69 Å². The van der Waals surface area contributed by atoms with Crippen LogP contribution in [-0.2, 0) is 4.79 Å². The first-order valence-electron chi connectivity index (χ1n) is 11.8. The number of hydrogen-bond acceptors (Lipinski definition) is 5. The molecule has 6 rings (SSSR count). The van der Waals surface area contributed by atoms with Gasteiger partial charge in [0.2, 0.25) is 5.91 Å². The molecule has 7 nitrogen and oxygen atoms in total. The number of H-pyrrole nitrogens is 2. The Hall–Kier alpha value is -4.37. The van der Waals surface area contributed by atoms with Gasteiger partial charge in [-0.1, -0.05) is 39.0 Å². The number of carbonyl (C=O) groups is 1. The molecule has 0 aliphatic rings. The van der Waals surface area contributed by atoms with Crippen molar-refractivity contribution < 1.29 is 9.18 Å². The third kappa shape index (κ3) is 4.27. The van der Waals surface area contributed by atoms with Crippen LogP contribution in [-0.4, -0.2) is 31.1 Å². The predicted molar refractivity (Wildman–Crippen MR) is 146 cm³/mol. The number of aromatic amines is 2. The third-order valence-electron chi connectivity index (χ3n) is 6.15. The van der Waals surface area contributed by atoms with E-state index < -0.39 is 5.41 Å². The topological polar surface area (TPSA) is 99.3 Å². The Kier molecular flexibility index (Phi) is 5.38. The number of aromatic nitrogens is 5. The molecule has 0 atom stereocenters. The van der Waals surface area contributed by atoms with E-state index >= 15 is 0 Å². The molecule has 0 fully saturated rings. The molecular formula is C28H23FN6OS. The molecule has 0 bridgehead atoms. The van der Waals surface area contributed by atoms with E-state index in [4.69, 9.17) is 4.98 Å². The lowest BCUT2D eigenvalue weighted by atomic mass is 9.95. The molecule has 0 saturated heterocycles. The van der Waals surface area contributed by atoms with Crippen LogP contribution in [0.1, 0.15) is 20.8 Å². The molecule has 0 aliphatic heterocycles. The Labute approximate surface area is 215 Å². The number of benzene rings is 2. The molecule has 4 aromatic heterocycles. The molecule has 2 aromatic carbocycles. The average molecular weight is 511 g/mol. The lowest BCUT2D eigenvalue weighted by Gasteiger charge is -2.17. The second-order valence-electron chi connectivity index (χ2n) is 9.89. The summed E-state index contributed by atoms with van der Waals surface area (Å²) in [5, 5.41) is 11.2. The Bertz CT molecular complexity index is 1790. The van der Waals surface area contributed by atoms with Crippen molar-refractivity contribution >= 4 is 44.9 Å². The van der Waals surface area contributed by atoms with E-state index in [1.807, 2.05) is 63.2 Å². The minimum Gasteiger partial charge on any atom is -0.337 e. The van der Waals surface area contributed by atoms with Crippen LogP contribution in [0.3, 0.4) is 0 Å². The normalized spacial score (nSPS) is 11.9. The van der Waals surface area contributed by atoms with Crippen LogP contribution in [0.5, 0.6) is 0 Å². The first kappa shape index (κ1) is 23.1. The van der Waals surface area contributed by atoms with Gasteiger partial charge in [-0.3, -0.25) is 14.9 Å². The summed E-state index contributed by atoms with van der Waals surface area (Å²) in [5.41, 5.74) is 5.96. The van der Waals surface area contributed by atoms with Gasteiger partial charge in [-0.15, -0.1) is 11.3 Å². The van der Waals surface area contributed by atoms with Crippen LogP contribution in [0, 0.1) is 10.5 Å². The van der Waals surface area contributed by atoms with Crippen LogP contribution in [0.25, 0.3) is 55.0 Å². The van der Waals surface area contributed by atoms with Gasteiger partial charge in [0.15, 0.2) is 11.0 Å². The highest BCUT2D eigenvalue weighted by molar-refractivity contribution is 7.14. The standard InChI is InChI=1S/C28H23FN6OS/c1-28(2,3)27(36)31-17-11-16(13-30-14-17)15-7-8-20-19(12-15)25(35-34-20)26-32-21-6-4-5-18(24(21)33-26)22-9-10-23(29)37-22/h4-14H,1-3H3,(H,31,36)(H,32,33)(H,34,35). The van der Waals surface area contributed by atoms with Crippen molar-refractivity contribution in [1.82, 2.24) is 25.1 Å². The van der Waals surface area contributed by atoms with Crippen LogP contribution in [0.2, 0.25) is 0 Å². The second-order valence-corrected chi connectivity index (χ2v) is 10.9. The number of nitrogens with zero attached hydrogens (tertiary/aromatic N) is 3. The number of amides is 1. The fourth-order valence-electron chi connectivity index (χ4n) is 4.16. The van der Waals surface area contributed by atoms with Crippen LogP contribution >= 0.6 is 11.3 Å². The van der Waals surface area contributed by atoms with Crippen molar-refractivity contribution in [2.75, 3.05) is 5.32 Å². The minimum absolute atomic E-state index is 0.0754. The monoisotopic (exact) mass is 510 g/mol. The highest BCUT2D eigenvalue weighted by Gasteiger charge is 2.21. The molecule has 1 amide bonds. The van der Waals surface area contributed by atoms with E-state index in [0.717, 1.165) is 54.8 Å². The van der Waals surface area contributed by atoms with E-state index in [0.29, 0.717) is 17.2 Å². The summed E-state index contributed by atoms with van der Waals surface area (Å²) in [6, 6.07) is 16.9. The maximum absolute atomic E-state index is 13.7. The molecule has 0 unspecified atom stereocenters. The number of carbonyl (C=O) groups excluding carboxylic acids is 1. The molecule has 0 radical (unpaired) electrons. The van der Waals surface area contributed by atoms with E-state index in [1.165, 1.54) is 6.07 Å². The van der Waals surface area contributed by atoms with E-state index in [9.17, 15) is 9.18 Å².